The van der Waals surface area contributed by atoms with Gasteiger partial charge in [-0.1, -0.05) is 6.42 Å². The van der Waals surface area contributed by atoms with Gasteiger partial charge in [0, 0.05) is 37.8 Å². The highest BCUT2D eigenvalue weighted by Crippen LogP contribution is 2.28. The van der Waals surface area contributed by atoms with E-state index in [0.29, 0.717) is 29.1 Å². The van der Waals surface area contributed by atoms with E-state index in [0.717, 1.165) is 19.6 Å². The molecule has 2 fully saturated rings. The van der Waals surface area contributed by atoms with E-state index in [4.69, 9.17) is 4.74 Å². The quantitative estimate of drug-likeness (QED) is 0.863. The van der Waals surface area contributed by atoms with Crippen LogP contribution in [0.15, 0.2) is 18.2 Å². The van der Waals surface area contributed by atoms with E-state index in [-0.39, 0.29) is 11.9 Å². The topological polar surface area (TPSA) is 73.9 Å². The molecule has 26 heavy (non-hydrogen) atoms. The van der Waals surface area contributed by atoms with Crippen molar-refractivity contribution < 1.29 is 14.3 Å². The van der Waals surface area contributed by atoms with Crippen molar-refractivity contribution in [2.45, 2.75) is 38.3 Å². The fourth-order valence-corrected chi connectivity index (χ4v) is 3.78. The van der Waals surface area contributed by atoms with Gasteiger partial charge in [-0.2, -0.15) is 0 Å². The third kappa shape index (κ3) is 3.77. The van der Waals surface area contributed by atoms with Crippen molar-refractivity contribution in [2.24, 2.45) is 0 Å². The Morgan fingerprint density at radius 1 is 1.23 bits per heavy atom. The Labute approximate surface area is 154 Å². The van der Waals surface area contributed by atoms with Crippen molar-refractivity contribution in [1.82, 2.24) is 15.1 Å². The highest BCUT2D eigenvalue weighted by Gasteiger charge is 2.37. The highest BCUT2D eigenvalue weighted by atomic mass is 16.5. The number of piperidine rings is 1. The molecule has 2 saturated heterocycles. The molecule has 3 rings (SSSR count). The molecule has 1 unspecified atom stereocenters. The fourth-order valence-electron chi connectivity index (χ4n) is 3.78. The zero-order chi connectivity index (χ0) is 18.7. The second-order valence-corrected chi connectivity index (χ2v) is 7.07. The summed E-state index contributed by atoms with van der Waals surface area (Å²) in [6.07, 6.45) is 3.79. The zero-order valence-electron chi connectivity index (χ0n) is 15.7. The lowest BCUT2D eigenvalue weighted by Gasteiger charge is -2.49. The van der Waals surface area contributed by atoms with Gasteiger partial charge in [0.05, 0.1) is 12.8 Å². The van der Waals surface area contributed by atoms with Crippen molar-refractivity contribution in [3.63, 3.8) is 0 Å². The molecule has 1 atom stereocenters. The smallest absolute Gasteiger partial charge is 0.322 e. The molecule has 1 aromatic carbocycles. The summed E-state index contributed by atoms with van der Waals surface area (Å²) in [7, 11) is 3.12. The average Bonchev–Trinajstić information content (AvgIpc) is 2.61. The molecule has 142 valence electrons. The molecular formula is C19H28N4O3. The number of urea groups is 1. The maximum Gasteiger partial charge on any atom is 0.322 e. The van der Waals surface area contributed by atoms with Crippen molar-refractivity contribution >= 4 is 17.6 Å². The number of likely N-dealkylation sites (tertiary alicyclic amines) is 2. The van der Waals surface area contributed by atoms with Gasteiger partial charge >= 0.3 is 6.03 Å². The number of nitrogens with zero attached hydrogens (tertiary/aromatic N) is 2. The van der Waals surface area contributed by atoms with Crippen LogP contribution in [0, 0.1) is 0 Å². The lowest BCUT2D eigenvalue weighted by atomic mass is 9.98. The number of methoxy groups -OCH3 is 1. The minimum absolute atomic E-state index is 0.154. The number of carbonyl (C=O) groups excluding carboxylic acids is 2. The normalized spacial score (nSPS) is 21.0. The average molecular weight is 360 g/mol. The van der Waals surface area contributed by atoms with Gasteiger partial charge in [-0.3, -0.25) is 9.69 Å². The number of hydrogen-bond acceptors (Lipinski definition) is 4. The third-order valence-electron chi connectivity index (χ3n) is 5.40. The maximum absolute atomic E-state index is 12.6. The highest BCUT2D eigenvalue weighted by molar-refractivity contribution is 5.98. The van der Waals surface area contributed by atoms with Crippen LogP contribution in [0.25, 0.3) is 0 Å². The molecule has 2 aliphatic heterocycles. The first-order chi connectivity index (χ1) is 12.5. The van der Waals surface area contributed by atoms with E-state index >= 15 is 0 Å². The van der Waals surface area contributed by atoms with Crippen molar-refractivity contribution in [1.29, 1.82) is 0 Å². The Balaban J connectivity index is 1.61. The number of hydrogen-bond donors (Lipinski definition) is 2. The molecule has 0 aliphatic carbocycles. The van der Waals surface area contributed by atoms with E-state index in [1.807, 2.05) is 0 Å². The number of ether oxygens (including phenoxy) is 1. The summed E-state index contributed by atoms with van der Waals surface area (Å²) in [4.78, 5) is 28.7. The number of amides is 3. The number of anilines is 1. The van der Waals surface area contributed by atoms with Crippen LogP contribution in [0.5, 0.6) is 5.75 Å². The molecule has 2 aliphatic rings. The number of benzene rings is 1. The minimum Gasteiger partial charge on any atom is -0.495 e. The molecule has 0 bridgehead atoms. The second-order valence-electron chi connectivity index (χ2n) is 7.07. The van der Waals surface area contributed by atoms with Crippen LogP contribution in [0.2, 0.25) is 0 Å². The molecule has 0 radical (unpaired) electrons. The van der Waals surface area contributed by atoms with Gasteiger partial charge in [-0.05, 0) is 44.5 Å². The SMILES string of the molecule is CNC(=O)c1ccc(OC)c(NC(=O)N2CC(N3CCCCC3C)C2)c1. The molecule has 7 heteroatoms. The molecule has 3 amide bonds. The molecular weight excluding hydrogens is 332 g/mol. The summed E-state index contributed by atoms with van der Waals surface area (Å²) >= 11 is 0. The van der Waals surface area contributed by atoms with Crippen LogP contribution in [-0.4, -0.2) is 67.6 Å². The van der Waals surface area contributed by atoms with Crippen LogP contribution >= 0.6 is 0 Å². The standard InChI is InChI=1S/C19H28N4O3/c1-13-6-4-5-9-23(13)15-11-22(12-15)19(25)21-16-10-14(18(24)20-2)7-8-17(16)26-3/h7-8,10,13,15H,4-6,9,11-12H2,1-3H3,(H,20,24)(H,21,25). The van der Waals surface area contributed by atoms with Gasteiger partial charge < -0.3 is 20.3 Å². The Bertz CT molecular complexity index is 673. The van der Waals surface area contributed by atoms with Crippen LogP contribution < -0.4 is 15.4 Å². The van der Waals surface area contributed by atoms with Gasteiger partial charge in [0.25, 0.3) is 5.91 Å². The van der Waals surface area contributed by atoms with E-state index < -0.39 is 0 Å². The molecule has 7 nitrogen and oxygen atoms in total. The summed E-state index contributed by atoms with van der Waals surface area (Å²) in [5.74, 6) is 0.332. The van der Waals surface area contributed by atoms with Gasteiger partial charge in [0.2, 0.25) is 0 Å². The first-order valence-corrected chi connectivity index (χ1v) is 9.25. The van der Waals surface area contributed by atoms with Crippen LogP contribution in [0.3, 0.4) is 0 Å². The Kier molecular flexibility index (Phi) is 5.66. The second kappa shape index (κ2) is 7.95. The Morgan fingerprint density at radius 2 is 2.00 bits per heavy atom. The third-order valence-corrected chi connectivity index (χ3v) is 5.40. The largest absolute Gasteiger partial charge is 0.495 e. The monoisotopic (exact) mass is 360 g/mol. The maximum atomic E-state index is 12.6. The lowest BCUT2D eigenvalue weighted by Crippen LogP contribution is -2.64. The molecule has 0 aromatic heterocycles. The lowest BCUT2D eigenvalue weighted by molar-refractivity contribution is 0.0199. The van der Waals surface area contributed by atoms with Crippen LogP contribution in [-0.2, 0) is 0 Å². The number of nitrogens with one attached hydrogen (secondary N) is 2. The van der Waals surface area contributed by atoms with Crippen molar-refractivity contribution in [3.8, 4) is 5.75 Å². The summed E-state index contributed by atoms with van der Waals surface area (Å²) in [5.41, 5.74) is 0.987. The number of carbonyl (C=O) groups is 2. The van der Waals surface area contributed by atoms with Crippen molar-refractivity contribution in [3.05, 3.63) is 23.8 Å². The first kappa shape index (κ1) is 18.5. The molecule has 2 N–H and O–H groups in total. The van der Waals surface area contributed by atoms with Crippen LogP contribution in [0.4, 0.5) is 10.5 Å². The van der Waals surface area contributed by atoms with Gasteiger partial charge in [0.15, 0.2) is 0 Å². The number of rotatable bonds is 4. The van der Waals surface area contributed by atoms with Crippen LogP contribution in [0.1, 0.15) is 36.5 Å². The predicted octanol–water partition coefficient (Wildman–Crippen LogP) is 2.15. The van der Waals surface area contributed by atoms with Gasteiger partial charge in [-0.15, -0.1) is 0 Å². The molecule has 1 aromatic rings. The summed E-state index contributed by atoms with van der Waals surface area (Å²) in [6, 6.07) is 5.90. The summed E-state index contributed by atoms with van der Waals surface area (Å²) < 4.78 is 5.30. The minimum atomic E-state index is -0.203. The van der Waals surface area contributed by atoms with Gasteiger partial charge in [-0.25, -0.2) is 4.79 Å². The van der Waals surface area contributed by atoms with Gasteiger partial charge in [0.1, 0.15) is 5.75 Å². The first-order valence-electron chi connectivity index (χ1n) is 9.25. The van der Waals surface area contributed by atoms with E-state index in [1.54, 1.807) is 37.3 Å². The zero-order valence-corrected chi connectivity index (χ0v) is 15.7. The van der Waals surface area contributed by atoms with E-state index in [2.05, 4.69) is 22.5 Å². The fraction of sp³-hybridized carbons (Fsp3) is 0.579. The Morgan fingerprint density at radius 3 is 2.65 bits per heavy atom. The van der Waals surface area contributed by atoms with Crippen molar-refractivity contribution in [2.75, 3.05) is 39.1 Å². The van der Waals surface area contributed by atoms with E-state index in [9.17, 15) is 9.59 Å². The summed E-state index contributed by atoms with van der Waals surface area (Å²) in [6.45, 7) is 4.89. The molecule has 0 spiro atoms. The summed E-state index contributed by atoms with van der Waals surface area (Å²) in [5, 5.41) is 5.46. The van der Waals surface area contributed by atoms with E-state index in [1.165, 1.54) is 19.3 Å². The predicted molar refractivity (Wildman–Crippen MR) is 101 cm³/mol. The molecule has 2 heterocycles. The molecule has 0 saturated carbocycles. The Hall–Kier alpha value is -2.28.